The number of rotatable bonds is 4. The van der Waals surface area contributed by atoms with Crippen LogP contribution in [0.1, 0.15) is 23.6 Å². The number of hydrogen-bond acceptors (Lipinski definition) is 4. The van der Waals surface area contributed by atoms with Crippen molar-refractivity contribution >= 4 is 35.2 Å². The highest BCUT2D eigenvalue weighted by Crippen LogP contribution is 2.32. The Labute approximate surface area is 148 Å². The quantitative estimate of drug-likeness (QED) is 0.651. The highest BCUT2D eigenvalue weighted by Gasteiger charge is 2.27. The summed E-state index contributed by atoms with van der Waals surface area (Å²) in [5.41, 5.74) is 1.96. The lowest BCUT2D eigenvalue weighted by Gasteiger charge is -2.22. The van der Waals surface area contributed by atoms with E-state index in [4.69, 9.17) is 23.2 Å². The lowest BCUT2D eigenvalue weighted by molar-refractivity contribution is -0.112. The third-order valence-electron chi connectivity index (χ3n) is 3.84. The summed E-state index contributed by atoms with van der Waals surface area (Å²) in [5.74, 6) is -0.465. The number of benzene rings is 2. The van der Waals surface area contributed by atoms with E-state index in [0.29, 0.717) is 24.8 Å². The Morgan fingerprint density at radius 2 is 1.92 bits per heavy atom. The molecule has 0 bridgehead atoms. The third kappa shape index (κ3) is 3.23. The van der Waals surface area contributed by atoms with E-state index in [2.05, 4.69) is 5.10 Å². The first-order valence-corrected chi connectivity index (χ1v) is 7.98. The van der Waals surface area contributed by atoms with Crippen LogP contribution in [0, 0.1) is 5.82 Å². The Kier molecular flexibility index (Phi) is 4.73. The largest absolute Gasteiger partial charge is 0.508 e. The summed E-state index contributed by atoms with van der Waals surface area (Å²) in [5, 5.41) is 15.5. The molecule has 1 aliphatic heterocycles. The highest BCUT2D eigenvalue weighted by molar-refractivity contribution is 6.35. The van der Waals surface area contributed by atoms with Gasteiger partial charge in [0, 0.05) is 23.6 Å². The van der Waals surface area contributed by atoms with Gasteiger partial charge in [0.25, 0.3) is 0 Å². The third-order valence-corrected chi connectivity index (χ3v) is 4.45. The van der Waals surface area contributed by atoms with Crippen molar-refractivity contribution < 1.29 is 14.3 Å². The van der Waals surface area contributed by atoms with Crippen LogP contribution in [0.15, 0.2) is 41.5 Å². The molecule has 1 unspecified atom stereocenters. The van der Waals surface area contributed by atoms with Crippen LogP contribution in [0.3, 0.4) is 0 Å². The zero-order valence-electron chi connectivity index (χ0n) is 12.4. The lowest BCUT2D eigenvalue weighted by atomic mass is 10.1. The molecule has 3 rings (SSSR count). The van der Waals surface area contributed by atoms with Gasteiger partial charge < -0.3 is 9.90 Å². The van der Waals surface area contributed by atoms with Crippen molar-refractivity contribution in [1.29, 1.82) is 0 Å². The van der Waals surface area contributed by atoms with Crippen molar-refractivity contribution in [2.24, 2.45) is 5.10 Å². The monoisotopic (exact) mass is 366 g/mol. The zero-order valence-corrected chi connectivity index (χ0v) is 13.9. The molecule has 1 atom stereocenters. The Bertz CT molecular complexity index is 809. The number of halogens is 3. The van der Waals surface area contributed by atoms with E-state index in [1.54, 1.807) is 29.3 Å². The summed E-state index contributed by atoms with van der Waals surface area (Å²) in [7, 11) is 0. The van der Waals surface area contributed by atoms with Gasteiger partial charge in [-0.3, -0.25) is 5.01 Å². The molecule has 0 radical (unpaired) electrons. The van der Waals surface area contributed by atoms with Gasteiger partial charge in [-0.25, -0.2) is 4.39 Å². The lowest BCUT2D eigenvalue weighted by Crippen LogP contribution is -2.23. The molecule has 0 amide bonds. The molecule has 2 aromatic carbocycles. The molecule has 24 heavy (non-hydrogen) atoms. The minimum atomic E-state index is -0.793. The van der Waals surface area contributed by atoms with Crippen molar-refractivity contribution in [3.05, 3.63) is 63.4 Å². The number of nitrogens with zero attached hydrogens (tertiary/aromatic N) is 2. The predicted octanol–water partition coefficient (Wildman–Crippen LogP) is 4.19. The van der Waals surface area contributed by atoms with Crippen LogP contribution in [0.25, 0.3) is 0 Å². The SMILES string of the molecule is O=CC(c1cc(F)c(Cl)cc1Cl)N1CCC(c2ccc(O)cc2)=N1. The van der Waals surface area contributed by atoms with Gasteiger partial charge in [-0.15, -0.1) is 0 Å². The van der Waals surface area contributed by atoms with Crippen molar-refractivity contribution in [3.8, 4) is 5.75 Å². The van der Waals surface area contributed by atoms with Gasteiger partial charge in [0.2, 0.25) is 0 Å². The number of aromatic hydroxyl groups is 1. The second kappa shape index (κ2) is 6.79. The second-order valence-electron chi connectivity index (χ2n) is 5.38. The van der Waals surface area contributed by atoms with Crippen molar-refractivity contribution in [1.82, 2.24) is 5.01 Å². The van der Waals surface area contributed by atoms with Crippen molar-refractivity contribution in [2.45, 2.75) is 12.5 Å². The van der Waals surface area contributed by atoms with Crippen LogP contribution in [0.4, 0.5) is 4.39 Å². The molecule has 0 saturated carbocycles. The molecule has 4 nitrogen and oxygen atoms in total. The van der Waals surface area contributed by atoms with Crippen LogP contribution in [0.5, 0.6) is 5.75 Å². The van der Waals surface area contributed by atoms with Crippen molar-refractivity contribution in [2.75, 3.05) is 6.54 Å². The predicted molar refractivity (Wildman–Crippen MR) is 91.2 cm³/mol. The number of hydrogen-bond donors (Lipinski definition) is 1. The number of aldehydes is 1. The first-order valence-electron chi connectivity index (χ1n) is 7.23. The first kappa shape index (κ1) is 16.7. The average Bonchev–Trinajstić information content (AvgIpc) is 3.03. The smallest absolute Gasteiger partial charge is 0.148 e. The van der Waals surface area contributed by atoms with Gasteiger partial charge in [0.1, 0.15) is 23.9 Å². The first-order chi connectivity index (χ1) is 11.5. The second-order valence-corrected chi connectivity index (χ2v) is 6.19. The van der Waals surface area contributed by atoms with E-state index >= 15 is 0 Å². The number of hydrazone groups is 1. The molecule has 0 aromatic heterocycles. The van der Waals surface area contributed by atoms with Gasteiger partial charge in [-0.05, 0) is 42.0 Å². The fraction of sp³-hybridized carbons (Fsp3) is 0.176. The van der Waals surface area contributed by atoms with E-state index < -0.39 is 11.9 Å². The maximum atomic E-state index is 13.7. The topological polar surface area (TPSA) is 52.9 Å². The Morgan fingerprint density at radius 1 is 1.21 bits per heavy atom. The molecule has 1 aliphatic rings. The van der Waals surface area contributed by atoms with Crippen LogP contribution < -0.4 is 0 Å². The minimum absolute atomic E-state index is 0.0943. The van der Waals surface area contributed by atoms with Crippen LogP contribution in [-0.4, -0.2) is 28.7 Å². The number of carbonyl (C=O) groups excluding carboxylic acids is 1. The van der Waals surface area contributed by atoms with Crippen molar-refractivity contribution in [3.63, 3.8) is 0 Å². The number of phenolic OH excluding ortho intramolecular Hbond substituents is 1. The molecule has 0 fully saturated rings. The number of carbonyl (C=O) groups is 1. The van der Waals surface area contributed by atoms with Gasteiger partial charge in [0.15, 0.2) is 0 Å². The molecule has 0 aliphatic carbocycles. The summed E-state index contributed by atoms with van der Waals surface area (Å²) >= 11 is 11.8. The fourth-order valence-electron chi connectivity index (χ4n) is 2.60. The summed E-state index contributed by atoms with van der Waals surface area (Å²) in [6.45, 7) is 0.500. The van der Waals surface area contributed by atoms with Gasteiger partial charge in [0.05, 0.1) is 10.7 Å². The summed E-state index contributed by atoms with van der Waals surface area (Å²) in [4.78, 5) is 11.6. The maximum Gasteiger partial charge on any atom is 0.148 e. The fourth-order valence-corrected chi connectivity index (χ4v) is 3.10. The van der Waals surface area contributed by atoms with E-state index in [9.17, 15) is 14.3 Å². The molecule has 124 valence electrons. The number of phenols is 1. The summed E-state index contributed by atoms with van der Waals surface area (Å²) < 4.78 is 13.7. The Balaban J connectivity index is 1.91. The minimum Gasteiger partial charge on any atom is -0.508 e. The summed E-state index contributed by atoms with van der Waals surface area (Å²) in [6, 6.07) is 8.30. The molecular weight excluding hydrogens is 354 g/mol. The average molecular weight is 367 g/mol. The zero-order chi connectivity index (χ0) is 17.3. The molecular formula is C17H13Cl2FN2O2. The molecule has 1 N–H and O–H groups in total. The van der Waals surface area contributed by atoms with Crippen LogP contribution in [-0.2, 0) is 4.79 Å². The van der Waals surface area contributed by atoms with Gasteiger partial charge >= 0.3 is 0 Å². The van der Waals surface area contributed by atoms with Gasteiger partial charge in [-0.1, -0.05) is 23.2 Å². The van der Waals surface area contributed by atoms with E-state index in [1.165, 1.54) is 6.07 Å². The highest BCUT2D eigenvalue weighted by atomic mass is 35.5. The van der Waals surface area contributed by atoms with Gasteiger partial charge in [-0.2, -0.15) is 5.10 Å². The molecule has 1 heterocycles. The maximum absolute atomic E-state index is 13.7. The van der Waals surface area contributed by atoms with E-state index in [-0.39, 0.29) is 15.8 Å². The normalized spacial score (nSPS) is 15.3. The van der Waals surface area contributed by atoms with Crippen LogP contribution in [0.2, 0.25) is 10.0 Å². The molecule has 0 saturated heterocycles. The summed E-state index contributed by atoms with van der Waals surface area (Å²) in [6.07, 6.45) is 1.31. The van der Waals surface area contributed by atoms with E-state index in [0.717, 1.165) is 17.3 Å². The standard InChI is InChI=1S/C17H13Cl2FN2O2/c18-13-8-14(19)15(20)7-12(13)17(9-23)22-6-5-16(21-22)10-1-3-11(24)4-2-10/h1-4,7-9,17,24H,5-6H2. The molecule has 0 spiro atoms. The molecule has 7 heteroatoms. The Hall–Kier alpha value is -2.11. The Morgan fingerprint density at radius 3 is 2.58 bits per heavy atom. The van der Waals surface area contributed by atoms with E-state index in [1.807, 2.05) is 0 Å². The molecule has 2 aromatic rings. The van der Waals surface area contributed by atoms with Crippen LogP contribution >= 0.6 is 23.2 Å².